The Morgan fingerprint density at radius 1 is 1.03 bits per heavy atom. The van der Waals surface area contributed by atoms with Gasteiger partial charge in [-0.3, -0.25) is 0 Å². The van der Waals surface area contributed by atoms with Crippen molar-refractivity contribution < 1.29 is 19.0 Å². The van der Waals surface area contributed by atoms with Gasteiger partial charge in [-0.1, -0.05) is 30.3 Å². The third-order valence-corrected chi connectivity index (χ3v) is 6.41. The maximum Gasteiger partial charge on any atom is 0.414 e. The molecule has 1 amide bonds. The molecule has 35 heavy (non-hydrogen) atoms. The van der Waals surface area contributed by atoms with Crippen LogP contribution in [0.1, 0.15) is 43.6 Å². The summed E-state index contributed by atoms with van der Waals surface area (Å²) in [5, 5.41) is 3.66. The molecule has 180 valence electrons. The molecule has 2 heterocycles. The Bertz CT molecular complexity index is 1340. The van der Waals surface area contributed by atoms with E-state index in [0.29, 0.717) is 5.75 Å². The van der Waals surface area contributed by atoms with E-state index in [1.165, 1.54) is 10.5 Å². The average molecular weight is 471 g/mol. The summed E-state index contributed by atoms with van der Waals surface area (Å²) in [6, 6.07) is 17.7. The van der Waals surface area contributed by atoms with Gasteiger partial charge in [-0.05, 0) is 67.8 Å². The van der Waals surface area contributed by atoms with E-state index < -0.39 is 6.09 Å². The van der Waals surface area contributed by atoms with Crippen LogP contribution >= 0.6 is 0 Å². The van der Waals surface area contributed by atoms with Gasteiger partial charge in [-0.15, -0.1) is 0 Å². The molecule has 0 radical (unpaired) electrons. The number of hydrogen-bond donors (Lipinski definition) is 1. The van der Waals surface area contributed by atoms with Crippen molar-refractivity contribution in [3.8, 4) is 28.4 Å². The number of benzene rings is 3. The van der Waals surface area contributed by atoms with Crippen molar-refractivity contribution in [2.24, 2.45) is 0 Å². The SMILES string of the molecule is COc1cccc2c1-c1ccc3c(c1C(c1ccc(OC(=O)N(C)C)cc1)O2)C(C)=CC(C)(C)N3. The number of nitrogens with one attached hydrogen (secondary N) is 1. The lowest BCUT2D eigenvalue weighted by Crippen LogP contribution is -2.32. The van der Waals surface area contributed by atoms with E-state index in [2.05, 4.69) is 44.3 Å². The summed E-state index contributed by atoms with van der Waals surface area (Å²) in [4.78, 5) is 13.4. The minimum atomic E-state index is -0.415. The third kappa shape index (κ3) is 3.99. The number of methoxy groups -OCH3 is 1. The predicted molar refractivity (Wildman–Crippen MR) is 138 cm³/mol. The number of hydrogen-bond acceptors (Lipinski definition) is 5. The zero-order valence-electron chi connectivity index (χ0n) is 20.9. The second-order valence-electron chi connectivity index (χ2n) is 9.79. The lowest BCUT2D eigenvalue weighted by atomic mass is 9.80. The Morgan fingerprint density at radius 2 is 1.77 bits per heavy atom. The molecule has 1 unspecified atom stereocenters. The van der Waals surface area contributed by atoms with Gasteiger partial charge in [0, 0.05) is 30.9 Å². The zero-order chi connectivity index (χ0) is 24.9. The number of fused-ring (bicyclic) bond motifs is 5. The summed E-state index contributed by atoms with van der Waals surface area (Å²) in [6.45, 7) is 6.48. The molecule has 0 aliphatic carbocycles. The number of anilines is 1. The normalized spacial score (nSPS) is 17.0. The van der Waals surface area contributed by atoms with E-state index in [1.54, 1.807) is 33.3 Å². The Kier molecular flexibility index (Phi) is 5.47. The van der Waals surface area contributed by atoms with Crippen molar-refractivity contribution in [3.05, 3.63) is 77.4 Å². The van der Waals surface area contributed by atoms with Gasteiger partial charge in [-0.2, -0.15) is 0 Å². The van der Waals surface area contributed by atoms with Crippen molar-refractivity contribution in [3.63, 3.8) is 0 Å². The summed E-state index contributed by atoms with van der Waals surface area (Å²) in [6.07, 6.45) is 1.50. The zero-order valence-corrected chi connectivity index (χ0v) is 20.9. The van der Waals surface area contributed by atoms with Crippen LogP contribution in [0.2, 0.25) is 0 Å². The van der Waals surface area contributed by atoms with Gasteiger partial charge in [0.1, 0.15) is 17.2 Å². The lowest BCUT2D eigenvalue weighted by molar-refractivity contribution is 0.172. The Morgan fingerprint density at radius 3 is 2.46 bits per heavy atom. The fraction of sp³-hybridized carbons (Fsp3) is 0.276. The van der Waals surface area contributed by atoms with E-state index >= 15 is 0 Å². The molecule has 6 nitrogen and oxygen atoms in total. The molecule has 0 saturated heterocycles. The van der Waals surface area contributed by atoms with Crippen LogP contribution in [0.25, 0.3) is 16.7 Å². The fourth-order valence-corrected chi connectivity index (χ4v) is 5.00. The summed E-state index contributed by atoms with van der Waals surface area (Å²) in [7, 11) is 5.00. The Hall–Kier alpha value is -3.93. The number of ether oxygens (including phenoxy) is 3. The van der Waals surface area contributed by atoms with Crippen LogP contribution in [0.3, 0.4) is 0 Å². The maximum absolute atomic E-state index is 12.0. The molecular weight excluding hydrogens is 440 g/mol. The molecule has 0 saturated carbocycles. The Balaban J connectivity index is 1.67. The van der Waals surface area contributed by atoms with Crippen molar-refractivity contribution in [2.75, 3.05) is 26.5 Å². The van der Waals surface area contributed by atoms with E-state index in [-0.39, 0.29) is 11.6 Å². The molecule has 0 fully saturated rings. The van der Waals surface area contributed by atoms with Gasteiger partial charge in [-0.25, -0.2) is 4.79 Å². The molecule has 6 heteroatoms. The third-order valence-electron chi connectivity index (χ3n) is 6.41. The molecule has 1 atom stereocenters. The van der Waals surface area contributed by atoms with E-state index in [4.69, 9.17) is 14.2 Å². The minimum Gasteiger partial charge on any atom is -0.496 e. The standard InChI is InChI=1S/C29H30N2O4/c1-17-16-29(2,3)30-21-15-14-20-25-22(33-6)8-7-9-23(25)35-27(26(20)24(17)21)18-10-12-19(13-11-18)34-28(32)31(4)5/h7-16,27,30H,1-6H3. The summed E-state index contributed by atoms with van der Waals surface area (Å²) in [5.74, 6) is 2.04. The first-order valence-corrected chi connectivity index (χ1v) is 11.7. The van der Waals surface area contributed by atoms with Crippen molar-refractivity contribution in [1.82, 2.24) is 4.90 Å². The molecule has 1 N–H and O–H groups in total. The topological polar surface area (TPSA) is 60.0 Å². The van der Waals surface area contributed by atoms with E-state index in [1.807, 2.05) is 30.3 Å². The van der Waals surface area contributed by atoms with Crippen molar-refractivity contribution in [1.29, 1.82) is 0 Å². The molecule has 3 aromatic rings. The summed E-state index contributed by atoms with van der Waals surface area (Å²) in [5.41, 5.74) is 7.38. The number of amides is 1. The second kappa shape index (κ2) is 8.38. The van der Waals surface area contributed by atoms with Gasteiger partial charge in [0.2, 0.25) is 0 Å². The number of allylic oxidation sites excluding steroid dienone is 1. The van der Waals surface area contributed by atoms with Crippen LogP contribution in [0.4, 0.5) is 10.5 Å². The monoisotopic (exact) mass is 470 g/mol. The molecule has 0 aromatic heterocycles. The van der Waals surface area contributed by atoms with Crippen LogP contribution in [-0.2, 0) is 0 Å². The minimum absolute atomic E-state index is 0.149. The van der Waals surface area contributed by atoms with E-state index in [0.717, 1.165) is 45.0 Å². The smallest absolute Gasteiger partial charge is 0.414 e. The van der Waals surface area contributed by atoms with Crippen LogP contribution in [-0.4, -0.2) is 37.7 Å². The molecule has 0 spiro atoms. The molecule has 2 aliphatic rings. The van der Waals surface area contributed by atoms with Gasteiger partial charge in [0.05, 0.1) is 18.2 Å². The lowest BCUT2D eigenvalue weighted by Gasteiger charge is -2.37. The van der Waals surface area contributed by atoms with Gasteiger partial charge < -0.3 is 24.4 Å². The number of nitrogens with zero attached hydrogens (tertiary/aromatic N) is 1. The largest absolute Gasteiger partial charge is 0.496 e. The highest BCUT2D eigenvalue weighted by Gasteiger charge is 2.35. The van der Waals surface area contributed by atoms with Crippen LogP contribution in [0, 0.1) is 0 Å². The predicted octanol–water partition coefficient (Wildman–Crippen LogP) is 6.51. The van der Waals surface area contributed by atoms with Gasteiger partial charge in [0.25, 0.3) is 0 Å². The van der Waals surface area contributed by atoms with Crippen molar-refractivity contribution in [2.45, 2.75) is 32.4 Å². The number of carbonyl (C=O) groups is 1. The maximum atomic E-state index is 12.0. The molecular formula is C29H30N2O4. The molecule has 3 aromatic carbocycles. The first-order chi connectivity index (χ1) is 16.7. The van der Waals surface area contributed by atoms with Crippen LogP contribution in [0.5, 0.6) is 17.2 Å². The average Bonchev–Trinajstić information content (AvgIpc) is 2.82. The highest BCUT2D eigenvalue weighted by molar-refractivity contribution is 5.91. The van der Waals surface area contributed by atoms with Gasteiger partial charge in [0.15, 0.2) is 6.10 Å². The van der Waals surface area contributed by atoms with Gasteiger partial charge >= 0.3 is 6.09 Å². The molecule has 5 rings (SSSR count). The second-order valence-corrected chi connectivity index (χ2v) is 9.79. The van der Waals surface area contributed by atoms with Crippen LogP contribution in [0.15, 0.2) is 60.7 Å². The molecule has 2 aliphatic heterocycles. The van der Waals surface area contributed by atoms with Crippen LogP contribution < -0.4 is 19.5 Å². The highest BCUT2D eigenvalue weighted by Crippen LogP contribution is 2.53. The summed E-state index contributed by atoms with van der Waals surface area (Å²) < 4.78 is 17.8. The highest BCUT2D eigenvalue weighted by atomic mass is 16.6. The fourth-order valence-electron chi connectivity index (χ4n) is 5.00. The summed E-state index contributed by atoms with van der Waals surface area (Å²) >= 11 is 0. The molecule has 0 bridgehead atoms. The first kappa shape index (κ1) is 22.8. The first-order valence-electron chi connectivity index (χ1n) is 11.7. The van der Waals surface area contributed by atoms with Crippen molar-refractivity contribution >= 4 is 17.4 Å². The van der Waals surface area contributed by atoms with E-state index in [9.17, 15) is 4.79 Å². The number of rotatable bonds is 3. The quantitative estimate of drug-likeness (QED) is 0.473. The Labute approximate surface area is 206 Å². The number of carbonyl (C=O) groups excluding carboxylic acids is 1.